The lowest BCUT2D eigenvalue weighted by Gasteiger charge is -2.33. The maximum absolute atomic E-state index is 4.54. The molecule has 1 aliphatic heterocycles. The first-order valence-electron chi connectivity index (χ1n) is 7.70. The van der Waals surface area contributed by atoms with Gasteiger partial charge >= 0.3 is 0 Å². The topological polar surface area (TPSA) is 33.1 Å². The Morgan fingerprint density at radius 2 is 2.26 bits per heavy atom. The van der Waals surface area contributed by atoms with Crippen LogP contribution in [0.2, 0.25) is 0 Å². The van der Waals surface area contributed by atoms with Gasteiger partial charge in [0.05, 0.1) is 5.69 Å². The minimum Gasteiger partial charge on any atom is -0.313 e. The van der Waals surface area contributed by atoms with Gasteiger partial charge in [-0.3, -0.25) is 9.58 Å². The molecule has 108 valence electrons. The fraction of sp³-hybridized carbons (Fsp3) is 0.800. The highest BCUT2D eigenvalue weighted by Crippen LogP contribution is 2.16. The van der Waals surface area contributed by atoms with Crippen molar-refractivity contribution in [2.24, 2.45) is 7.05 Å². The molecule has 1 N–H and O–H groups in total. The number of nitrogens with one attached hydrogen (secondary N) is 1. The lowest BCUT2D eigenvalue weighted by atomic mass is 10.0. The van der Waals surface area contributed by atoms with Crippen LogP contribution in [-0.2, 0) is 20.0 Å². The number of nitrogens with zero attached hydrogens (tertiary/aromatic N) is 3. The third-order valence-electron chi connectivity index (χ3n) is 3.91. The summed E-state index contributed by atoms with van der Waals surface area (Å²) in [5.41, 5.74) is 2.66. The van der Waals surface area contributed by atoms with E-state index in [1.165, 1.54) is 43.6 Å². The molecule has 19 heavy (non-hydrogen) atoms. The first kappa shape index (κ1) is 14.5. The Bertz CT molecular complexity index is 385. The molecule has 1 atom stereocenters. The molecule has 1 aliphatic rings. The fourth-order valence-electron chi connectivity index (χ4n) is 2.97. The molecule has 4 heteroatoms. The van der Waals surface area contributed by atoms with E-state index in [1.807, 2.05) is 11.7 Å². The van der Waals surface area contributed by atoms with Crippen molar-refractivity contribution in [2.75, 3.05) is 19.6 Å². The SMILES string of the molecule is CCCNC1CCCN(Cc2cn(C)nc2CC)C1. The van der Waals surface area contributed by atoms with Crippen LogP contribution in [-0.4, -0.2) is 40.4 Å². The van der Waals surface area contributed by atoms with E-state index >= 15 is 0 Å². The molecule has 1 fully saturated rings. The number of aromatic nitrogens is 2. The molecule has 1 saturated heterocycles. The normalized spacial score (nSPS) is 20.9. The zero-order valence-corrected chi connectivity index (χ0v) is 12.7. The highest BCUT2D eigenvalue weighted by molar-refractivity contribution is 5.17. The van der Waals surface area contributed by atoms with Crippen molar-refractivity contribution in [1.29, 1.82) is 0 Å². The van der Waals surface area contributed by atoms with E-state index in [2.05, 4.69) is 35.4 Å². The second-order valence-corrected chi connectivity index (χ2v) is 5.66. The largest absolute Gasteiger partial charge is 0.313 e. The summed E-state index contributed by atoms with van der Waals surface area (Å²) in [6, 6.07) is 0.676. The van der Waals surface area contributed by atoms with Crippen LogP contribution in [0.15, 0.2) is 6.20 Å². The van der Waals surface area contributed by atoms with Crippen LogP contribution in [0, 0.1) is 0 Å². The monoisotopic (exact) mass is 264 g/mol. The van der Waals surface area contributed by atoms with E-state index in [9.17, 15) is 0 Å². The van der Waals surface area contributed by atoms with Crippen molar-refractivity contribution in [2.45, 2.75) is 52.1 Å². The maximum atomic E-state index is 4.54. The average molecular weight is 264 g/mol. The van der Waals surface area contributed by atoms with E-state index in [0.717, 1.165) is 19.5 Å². The second-order valence-electron chi connectivity index (χ2n) is 5.66. The fourth-order valence-corrected chi connectivity index (χ4v) is 2.97. The Labute approximate surface area is 117 Å². The smallest absolute Gasteiger partial charge is 0.0666 e. The number of piperidine rings is 1. The number of aryl methyl sites for hydroxylation is 2. The first-order chi connectivity index (χ1) is 9.22. The molecular formula is C15H28N4. The van der Waals surface area contributed by atoms with Gasteiger partial charge in [0.1, 0.15) is 0 Å². The molecule has 0 radical (unpaired) electrons. The molecule has 0 bridgehead atoms. The van der Waals surface area contributed by atoms with Crippen LogP contribution in [0.25, 0.3) is 0 Å². The van der Waals surface area contributed by atoms with Crippen LogP contribution in [0.4, 0.5) is 0 Å². The summed E-state index contributed by atoms with van der Waals surface area (Å²) in [6.45, 7) is 9.03. The van der Waals surface area contributed by atoms with Crippen molar-refractivity contribution in [3.8, 4) is 0 Å². The Morgan fingerprint density at radius 3 is 3.00 bits per heavy atom. The third-order valence-corrected chi connectivity index (χ3v) is 3.91. The summed E-state index contributed by atoms with van der Waals surface area (Å²) < 4.78 is 1.95. The summed E-state index contributed by atoms with van der Waals surface area (Å²) in [5, 5.41) is 8.20. The zero-order valence-electron chi connectivity index (χ0n) is 12.7. The van der Waals surface area contributed by atoms with Crippen molar-refractivity contribution >= 4 is 0 Å². The van der Waals surface area contributed by atoms with Gasteiger partial charge in [0.15, 0.2) is 0 Å². The zero-order chi connectivity index (χ0) is 13.7. The van der Waals surface area contributed by atoms with Crippen LogP contribution in [0.5, 0.6) is 0 Å². The molecule has 1 aromatic heterocycles. The predicted octanol–water partition coefficient (Wildman–Crippen LogP) is 1.95. The second kappa shape index (κ2) is 7.06. The number of rotatable bonds is 6. The van der Waals surface area contributed by atoms with Gasteiger partial charge in [-0.05, 0) is 38.8 Å². The summed E-state index contributed by atoms with van der Waals surface area (Å²) in [6.07, 6.45) is 7.07. The Hall–Kier alpha value is -0.870. The van der Waals surface area contributed by atoms with Gasteiger partial charge < -0.3 is 5.32 Å². The number of hydrogen-bond donors (Lipinski definition) is 1. The highest BCUT2D eigenvalue weighted by Gasteiger charge is 2.20. The Morgan fingerprint density at radius 1 is 1.42 bits per heavy atom. The average Bonchev–Trinajstić information content (AvgIpc) is 2.77. The minimum atomic E-state index is 0.676. The van der Waals surface area contributed by atoms with Gasteiger partial charge in [0, 0.05) is 37.9 Å². The van der Waals surface area contributed by atoms with Gasteiger partial charge in [-0.15, -0.1) is 0 Å². The van der Waals surface area contributed by atoms with Gasteiger partial charge in [-0.25, -0.2) is 0 Å². The van der Waals surface area contributed by atoms with Gasteiger partial charge in [0.25, 0.3) is 0 Å². The Balaban J connectivity index is 1.90. The van der Waals surface area contributed by atoms with Crippen molar-refractivity contribution in [1.82, 2.24) is 20.0 Å². The number of hydrogen-bond acceptors (Lipinski definition) is 3. The van der Waals surface area contributed by atoms with E-state index in [4.69, 9.17) is 0 Å². The van der Waals surface area contributed by atoms with Crippen molar-refractivity contribution < 1.29 is 0 Å². The summed E-state index contributed by atoms with van der Waals surface area (Å²) in [5.74, 6) is 0. The molecule has 0 spiro atoms. The predicted molar refractivity (Wildman–Crippen MR) is 79.2 cm³/mol. The molecular weight excluding hydrogens is 236 g/mol. The maximum Gasteiger partial charge on any atom is 0.0666 e. The lowest BCUT2D eigenvalue weighted by molar-refractivity contribution is 0.183. The van der Waals surface area contributed by atoms with E-state index in [-0.39, 0.29) is 0 Å². The van der Waals surface area contributed by atoms with E-state index < -0.39 is 0 Å². The molecule has 1 aromatic rings. The first-order valence-corrected chi connectivity index (χ1v) is 7.70. The molecule has 0 saturated carbocycles. The summed E-state index contributed by atoms with van der Waals surface area (Å²) in [7, 11) is 2.02. The van der Waals surface area contributed by atoms with E-state index in [0.29, 0.717) is 6.04 Å². The summed E-state index contributed by atoms with van der Waals surface area (Å²) >= 11 is 0. The molecule has 0 amide bonds. The molecule has 2 heterocycles. The van der Waals surface area contributed by atoms with Crippen LogP contribution in [0.3, 0.4) is 0 Å². The number of likely N-dealkylation sites (tertiary alicyclic amines) is 1. The minimum absolute atomic E-state index is 0.676. The molecule has 4 nitrogen and oxygen atoms in total. The van der Waals surface area contributed by atoms with Crippen LogP contribution in [0.1, 0.15) is 44.4 Å². The molecule has 1 unspecified atom stereocenters. The summed E-state index contributed by atoms with van der Waals surface area (Å²) in [4.78, 5) is 2.58. The van der Waals surface area contributed by atoms with Gasteiger partial charge in [-0.1, -0.05) is 13.8 Å². The lowest BCUT2D eigenvalue weighted by Crippen LogP contribution is -2.45. The quantitative estimate of drug-likeness (QED) is 0.852. The van der Waals surface area contributed by atoms with Crippen LogP contribution < -0.4 is 5.32 Å². The molecule has 2 rings (SSSR count). The van der Waals surface area contributed by atoms with E-state index in [1.54, 1.807) is 0 Å². The third kappa shape index (κ3) is 4.05. The van der Waals surface area contributed by atoms with Crippen molar-refractivity contribution in [3.05, 3.63) is 17.5 Å². The van der Waals surface area contributed by atoms with Crippen LogP contribution >= 0.6 is 0 Å². The Kier molecular flexibility index (Phi) is 5.40. The molecule has 0 aromatic carbocycles. The molecule has 0 aliphatic carbocycles. The highest BCUT2D eigenvalue weighted by atomic mass is 15.3. The standard InChI is InChI=1S/C15H28N4/c1-4-8-16-14-7-6-9-19(12-14)11-13-10-18(3)17-15(13)5-2/h10,14,16H,4-9,11-12H2,1-3H3. The van der Waals surface area contributed by atoms with Gasteiger partial charge in [-0.2, -0.15) is 5.10 Å². The van der Waals surface area contributed by atoms with Crippen molar-refractivity contribution in [3.63, 3.8) is 0 Å². The van der Waals surface area contributed by atoms with Gasteiger partial charge in [0.2, 0.25) is 0 Å².